The van der Waals surface area contributed by atoms with Crippen molar-refractivity contribution in [1.29, 1.82) is 5.26 Å². The van der Waals surface area contributed by atoms with E-state index in [9.17, 15) is 8.42 Å². The van der Waals surface area contributed by atoms with Gasteiger partial charge in [-0.3, -0.25) is 4.31 Å². The van der Waals surface area contributed by atoms with Gasteiger partial charge in [0.1, 0.15) is 0 Å². The Morgan fingerprint density at radius 1 is 1.00 bits per heavy atom. The second-order valence-corrected chi connectivity index (χ2v) is 9.19. The van der Waals surface area contributed by atoms with Crippen LogP contribution in [0.25, 0.3) is 6.08 Å². The lowest BCUT2D eigenvalue weighted by atomic mass is 10.1. The van der Waals surface area contributed by atoms with E-state index in [1.165, 1.54) is 4.31 Å². The molecule has 0 atom stereocenters. The van der Waals surface area contributed by atoms with Crippen LogP contribution in [-0.2, 0) is 16.6 Å². The molecule has 0 radical (unpaired) electrons. The Balaban J connectivity index is 2.03. The van der Waals surface area contributed by atoms with Gasteiger partial charge in [0.05, 0.1) is 27.7 Å². The van der Waals surface area contributed by atoms with Gasteiger partial charge in [-0.1, -0.05) is 60.2 Å². The highest BCUT2D eigenvalue weighted by Crippen LogP contribution is 2.28. The fraction of sp³-hybridized carbons (Fsp3) is 0.0870. The van der Waals surface area contributed by atoms with E-state index in [4.69, 9.17) is 5.26 Å². The first-order valence-corrected chi connectivity index (χ1v) is 11.1. The van der Waals surface area contributed by atoms with Gasteiger partial charge in [0.2, 0.25) is 0 Å². The minimum absolute atomic E-state index is 0.185. The number of sulfonamides is 1. The second-order valence-electron chi connectivity index (χ2n) is 6.51. The molecule has 0 aliphatic carbocycles. The molecule has 3 rings (SSSR count). The molecule has 0 saturated carbocycles. The van der Waals surface area contributed by atoms with Crippen molar-refractivity contribution in [2.24, 2.45) is 0 Å². The van der Waals surface area contributed by atoms with Crippen LogP contribution in [-0.4, -0.2) is 12.7 Å². The Morgan fingerprint density at radius 3 is 2.21 bits per heavy atom. The van der Waals surface area contributed by atoms with Crippen molar-refractivity contribution in [3.8, 4) is 6.07 Å². The molecular weight excluding hydrogens is 448 g/mol. The zero-order valence-corrected chi connectivity index (χ0v) is 18.2. The highest BCUT2D eigenvalue weighted by molar-refractivity contribution is 9.11. The second kappa shape index (κ2) is 9.08. The maximum Gasteiger partial charge on any atom is 0.265 e. The van der Waals surface area contributed by atoms with Gasteiger partial charge < -0.3 is 0 Å². The van der Waals surface area contributed by atoms with Crippen molar-refractivity contribution in [2.45, 2.75) is 18.4 Å². The Bertz CT molecular complexity index is 1150. The molecule has 0 spiro atoms. The molecule has 0 aliphatic heterocycles. The molecule has 6 heteroatoms. The number of nitriles is 1. The summed E-state index contributed by atoms with van der Waals surface area (Å²) in [7, 11) is -3.78. The fourth-order valence-electron chi connectivity index (χ4n) is 2.73. The number of aryl methyl sites for hydroxylation is 1. The molecule has 146 valence electrons. The van der Waals surface area contributed by atoms with Gasteiger partial charge in [-0.05, 0) is 64.3 Å². The van der Waals surface area contributed by atoms with Crippen molar-refractivity contribution in [1.82, 2.24) is 4.31 Å². The van der Waals surface area contributed by atoms with Crippen LogP contribution in [0.5, 0.6) is 0 Å². The smallest absolute Gasteiger partial charge is 0.255 e. The van der Waals surface area contributed by atoms with E-state index in [1.54, 1.807) is 54.6 Å². The molecule has 0 N–H and O–H groups in total. The van der Waals surface area contributed by atoms with E-state index in [0.717, 1.165) is 16.7 Å². The molecule has 0 aromatic heterocycles. The molecule has 3 aromatic rings. The van der Waals surface area contributed by atoms with Crippen molar-refractivity contribution >= 4 is 32.0 Å². The fourth-order valence-corrected chi connectivity index (χ4v) is 5.02. The predicted molar refractivity (Wildman–Crippen MR) is 118 cm³/mol. The van der Waals surface area contributed by atoms with Gasteiger partial charge in [0.25, 0.3) is 10.0 Å². The predicted octanol–water partition coefficient (Wildman–Crippen LogP) is 5.45. The molecule has 0 saturated heterocycles. The number of hydrogen-bond donors (Lipinski definition) is 0. The van der Waals surface area contributed by atoms with Crippen LogP contribution in [0.2, 0.25) is 0 Å². The van der Waals surface area contributed by atoms with Crippen LogP contribution in [0.4, 0.5) is 0 Å². The normalized spacial score (nSPS) is 11.7. The molecular formula is C23H19BrN2O2S. The van der Waals surface area contributed by atoms with Crippen molar-refractivity contribution in [3.05, 3.63) is 106 Å². The molecule has 0 heterocycles. The van der Waals surface area contributed by atoms with Gasteiger partial charge >= 0.3 is 0 Å². The average molecular weight is 467 g/mol. The summed E-state index contributed by atoms with van der Waals surface area (Å²) in [6.07, 6.45) is 1.73. The first-order valence-electron chi connectivity index (χ1n) is 8.91. The topological polar surface area (TPSA) is 61.2 Å². The van der Waals surface area contributed by atoms with Gasteiger partial charge in [-0.15, -0.1) is 0 Å². The minimum Gasteiger partial charge on any atom is -0.255 e. The van der Waals surface area contributed by atoms with Crippen LogP contribution in [0, 0.1) is 18.3 Å². The lowest BCUT2D eigenvalue weighted by Crippen LogP contribution is -2.28. The number of hydrogen-bond acceptors (Lipinski definition) is 3. The summed E-state index contributed by atoms with van der Waals surface area (Å²) in [6.45, 7) is 2.10. The average Bonchev–Trinajstić information content (AvgIpc) is 2.73. The first kappa shape index (κ1) is 20.8. The van der Waals surface area contributed by atoms with Gasteiger partial charge in [0, 0.05) is 0 Å². The molecule has 0 aliphatic rings. The van der Waals surface area contributed by atoms with Gasteiger partial charge in [-0.2, -0.15) is 5.26 Å². The minimum atomic E-state index is -3.78. The van der Waals surface area contributed by atoms with E-state index >= 15 is 0 Å². The lowest BCUT2D eigenvalue weighted by molar-refractivity contribution is 0.492. The maximum absolute atomic E-state index is 13.4. The van der Waals surface area contributed by atoms with Crippen LogP contribution < -0.4 is 0 Å². The molecule has 0 unspecified atom stereocenters. The maximum atomic E-state index is 13.4. The zero-order chi connectivity index (χ0) is 20.9. The molecule has 3 aromatic carbocycles. The zero-order valence-electron chi connectivity index (χ0n) is 15.8. The van der Waals surface area contributed by atoms with Crippen LogP contribution in [0.1, 0.15) is 22.3 Å². The van der Waals surface area contributed by atoms with E-state index in [0.29, 0.717) is 10.2 Å². The quantitative estimate of drug-likeness (QED) is 0.453. The van der Waals surface area contributed by atoms with Crippen molar-refractivity contribution in [2.75, 3.05) is 0 Å². The number of benzene rings is 3. The summed E-state index contributed by atoms with van der Waals surface area (Å²) in [5.41, 5.74) is 3.19. The Morgan fingerprint density at radius 2 is 1.62 bits per heavy atom. The molecule has 0 fully saturated rings. The first-order chi connectivity index (χ1) is 13.9. The van der Waals surface area contributed by atoms with Crippen molar-refractivity contribution in [3.63, 3.8) is 0 Å². The van der Waals surface area contributed by atoms with Gasteiger partial charge in [0.15, 0.2) is 0 Å². The number of nitrogens with zero attached hydrogens (tertiary/aromatic N) is 2. The summed E-state index contributed by atoms with van der Waals surface area (Å²) < 4.78 is 28.5. The van der Waals surface area contributed by atoms with E-state index in [-0.39, 0.29) is 11.4 Å². The van der Waals surface area contributed by atoms with Crippen molar-refractivity contribution < 1.29 is 8.42 Å². The van der Waals surface area contributed by atoms with Crippen LogP contribution in [0.15, 0.2) is 88.4 Å². The summed E-state index contributed by atoms with van der Waals surface area (Å²) in [5, 5.41) is 8.95. The molecule has 0 bridgehead atoms. The summed E-state index contributed by atoms with van der Waals surface area (Å²) in [4.78, 5) is 0.226. The largest absolute Gasteiger partial charge is 0.265 e. The monoisotopic (exact) mass is 466 g/mol. The van der Waals surface area contributed by atoms with E-state index in [1.807, 2.05) is 37.3 Å². The van der Waals surface area contributed by atoms with E-state index < -0.39 is 10.0 Å². The third-order valence-corrected chi connectivity index (χ3v) is 7.01. The highest BCUT2D eigenvalue weighted by atomic mass is 79.9. The summed E-state index contributed by atoms with van der Waals surface area (Å²) in [5.74, 6) is 0. The molecule has 0 amide bonds. The Hall–Kier alpha value is -2.88. The van der Waals surface area contributed by atoms with Gasteiger partial charge in [-0.25, -0.2) is 8.42 Å². The Kier molecular flexibility index (Phi) is 6.53. The third kappa shape index (κ3) is 5.14. The van der Waals surface area contributed by atoms with Crippen LogP contribution >= 0.6 is 15.9 Å². The summed E-state index contributed by atoms with van der Waals surface area (Å²) in [6, 6.07) is 25.2. The molecule has 29 heavy (non-hydrogen) atoms. The molecule has 4 nitrogen and oxygen atoms in total. The van der Waals surface area contributed by atoms with Crippen LogP contribution in [0.3, 0.4) is 0 Å². The third-order valence-electron chi connectivity index (χ3n) is 4.34. The Labute approximate surface area is 179 Å². The van der Waals surface area contributed by atoms with E-state index in [2.05, 4.69) is 22.0 Å². The highest BCUT2D eigenvalue weighted by Gasteiger charge is 2.26. The lowest BCUT2D eigenvalue weighted by Gasteiger charge is -2.24. The number of rotatable bonds is 6. The number of halogens is 1. The standard InChI is InChI=1S/C23H19BrN2O2S/c1-18-7-13-22(14-8-18)29(27,28)26(17-21-5-3-2-4-6-21)23(24)15-19-9-11-20(16-25)12-10-19/h2-15H,17H2,1H3/b23-15-. The SMILES string of the molecule is Cc1ccc(S(=O)(=O)N(Cc2ccccc2)/C(Br)=C\c2ccc(C#N)cc2)cc1. The summed E-state index contributed by atoms with van der Waals surface area (Å²) >= 11 is 3.46.